The zero-order valence-electron chi connectivity index (χ0n) is 16.8. The zero-order chi connectivity index (χ0) is 20.5. The van der Waals surface area contributed by atoms with E-state index in [1.165, 1.54) is 20.7 Å². The highest BCUT2D eigenvalue weighted by Crippen LogP contribution is 2.37. The molecule has 1 unspecified atom stereocenters. The molecular formula is C24H23N3OS2. The summed E-state index contributed by atoms with van der Waals surface area (Å²) in [6, 6.07) is 21.0. The summed E-state index contributed by atoms with van der Waals surface area (Å²) in [7, 11) is 1.88. The molecule has 0 fully saturated rings. The number of amides is 1. The van der Waals surface area contributed by atoms with E-state index in [2.05, 4.69) is 51.7 Å². The average molecular weight is 434 g/mol. The van der Waals surface area contributed by atoms with Crippen LogP contribution in [0.1, 0.15) is 27.1 Å². The fraction of sp³-hybridized carbons (Fsp3) is 0.250. The fourth-order valence-corrected chi connectivity index (χ4v) is 6.06. The van der Waals surface area contributed by atoms with Crippen LogP contribution in [-0.2, 0) is 17.8 Å². The molecule has 2 aromatic carbocycles. The summed E-state index contributed by atoms with van der Waals surface area (Å²) in [5, 5.41) is 3.15. The molecule has 6 heteroatoms. The van der Waals surface area contributed by atoms with E-state index in [9.17, 15) is 4.79 Å². The summed E-state index contributed by atoms with van der Waals surface area (Å²) < 4.78 is 1.17. The van der Waals surface area contributed by atoms with Gasteiger partial charge in [0.2, 0.25) is 5.91 Å². The van der Waals surface area contributed by atoms with Gasteiger partial charge in [0.05, 0.1) is 29.3 Å². The van der Waals surface area contributed by atoms with Crippen LogP contribution in [0, 0.1) is 0 Å². The second-order valence-electron chi connectivity index (χ2n) is 7.66. The lowest BCUT2D eigenvalue weighted by atomic mass is 9.93. The van der Waals surface area contributed by atoms with Crippen molar-refractivity contribution in [1.29, 1.82) is 0 Å². The van der Waals surface area contributed by atoms with Crippen LogP contribution >= 0.6 is 22.7 Å². The van der Waals surface area contributed by atoms with Crippen LogP contribution in [-0.4, -0.2) is 40.8 Å². The van der Waals surface area contributed by atoms with Crippen LogP contribution in [0.25, 0.3) is 10.2 Å². The van der Waals surface area contributed by atoms with Crippen molar-refractivity contribution in [3.05, 3.63) is 87.1 Å². The van der Waals surface area contributed by atoms with Gasteiger partial charge in [0, 0.05) is 18.5 Å². The van der Waals surface area contributed by atoms with Gasteiger partial charge in [0.25, 0.3) is 0 Å². The zero-order valence-corrected chi connectivity index (χ0v) is 18.5. The number of rotatable bonds is 5. The molecule has 3 heterocycles. The first-order valence-electron chi connectivity index (χ1n) is 10.1. The lowest BCUT2D eigenvalue weighted by molar-refractivity contribution is -0.132. The Kier molecular flexibility index (Phi) is 5.37. The first kappa shape index (κ1) is 19.4. The van der Waals surface area contributed by atoms with E-state index < -0.39 is 0 Å². The van der Waals surface area contributed by atoms with Gasteiger partial charge in [0.1, 0.15) is 5.01 Å². The molecule has 4 aromatic rings. The Balaban J connectivity index is 1.33. The van der Waals surface area contributed by atoms with Crippen molar-refractivity contribution in [2.75, 3.05) is 20.1 Å². The maximum Gasteiger partial charge on any atom is 0.236 e. The third-order valence-electron chi connectivity index (χ3n) is 5.66. The van der Waals surface area contributed by atoms with Crippen LogP contribution in [0.2, 0.25) is 0 Å². The Morgan fingerprint density at radius 1 is 1.13 bits per heavy atom. The van der Waals surface area contributed by atoms with E-state index >= 15 is 0 Å². The number of hydrogen-bond acceptors (Lipinski definition) is 5. The van der Waals surface area contributed by atoms with Gasteiger partial charge in [-0.15, -0.1) is 22.7 Å². The Morgan fingerprint density at radius 2 is 1.93 bits per heavy atom. The molecule has 0 aliphatic carbocycles. The van der Waals surface area contributed by atoms with Crippen molar-refractivity contribution >= 4 is 38.8 Å². The summed E-state index contributed by atoms with van der Waals surface area (Å²) in [5.74, 6) is 0.133. The number of hydrogen-bond donors (Lipinski definition) is 0. The van der Waals surface area contributed by atoms with Crippen molar-refractivity contribution in [1.82, 2.24) is 14.8 Å². The number of benzene rings is 2. The Bertz CT molecular complexity index is 1130. The molecule has 5 rings (SSSR count). The monoisotopic (exact) mass is 433 g/mol. The van der Waals surface area contributed by atoms with Crippen molar-refractivity contribution in [3.63, 3.8) is 0 Å². The summed E-state index contributed by atoms with van der Waals surface area (Å²) in [6.45, 7) is 1.86. The van der Waals surface area contributed by atoms with Gasteiger partial charge in [-0.25, -0.2) is 4.98 Å². The summed E-state index contributed by atoms with van der Waals surface area (Å²) >= 11 is 3.49. The molecule has 0 N–H and O–H groups in total. The first-order chi connectivity index (χ1) is 14.7. The Labute approximate surface area is 184 Å². The van der Waals surface area contributed by atoms with Crippen molar-refractivity contribution < 1.29 is 4.79 Å². The maximum atomic E-state index is 13.1. The van der Waals surface area contributed by atoms with Crippen molar-refractivity contribution in [3.8, 4) is 0 Å². The molecular weight excluding hydrogens is 410 g/mol. The summed E-state index contributed by atoms with van der Waals surface area (Å²) in [6.07, 6.45) is 1.01. The molecule has 152 valence electrons. The quantitative estimate of drug-likeness (QED) is 0.446. The largest absolute Gasteiger partial charge is 0.338 e. The van der Waals surface area contributed by atoms with Gasteiger partial charge in [-0.1, -0.05) is 42.5 Å². The predicted molar refractivity (Wildman–Crippen MR) is 124 cm³/mol. The van der Waals surface area contributed by atoms with Crippen LogP contribution in [0.5, 0.6) is 0 Å². The predicted octanol–water partition coefficient (Wildman–Crippen LogP) is 4.96. The highest BCUT2D eigenvalue weighted by Gasteiger charge is 2.31. The SMILES string of the molecule is CN(Cc1nc2ccccc2s1)C(=O)CN1CCc2sccc2C1c1ccccc1. The van der Waals surface area contributed by atoms with Gasteiger partial charge in [-0.05, 0) is 41.1 Å². The van der Waals surface area contributed by atoms with Crippen molar-refractivity contribution in [2.45, 2.75) is 19.0 Å². The minimum Gasteiger partial charge on any atom is -0.338 e. The Morgan fingerprint density at radius 3 is 2.77 bits per heavy atom. The number of carbonyl (C=O) groups is 1. The highest BCUT2D eigenvalue weighted by molar-refractivity contribution is 7.18. The smallest absolute Gasteiger partial charge is 0.236 e. The minimum atomic E-state index is 0.133. The van der Waals surface area contributed by atoms with E-state index in [0.29, 0.717) is 13.1 Å². The fourth-order valence-electron chi connectivity index (χ4n) is 4.14. The lowest BCUT2D eigenvalue weighted by Gasteiger charge is -2.36. The third-order valence-corrected chi connectivity index (χ3v) is 7.67. The molecule has 0 bridgehead atoms. The van der Waals surface area contributed by atoms with E-state index in [0.717, 1.165) is 23.5 Å². The van der Waals surface area contributed by atoms with Crippen LogP contribution in [0.15, 0.2) is 66.0 Å². The summed E-state index contributed by atoms with van der Waals surface area (Å²) in [5.41, 5.74) is 3.60. The van der Waals surface area contributed by atoms with Crippen LogP contribution in [0.4, 0.5) is 0 Å². The minimum absolute atomic E-state index is 0.133. The van der Waals surface area contributed by atoms with Crippen LogP contribution < -0.4 is 0 Å². The molecule has 4 nitrogen and oxygen atoms in total. The Hall–Kier alpha value is -2.54. The van der Waals surface area contributed by atoms with Gasteiger partial charge in [-0.2, -0.15) is 0 Å². The molecule has 30 heavy (non-hydrogen) atoms. The normalized spacial score (nSPS) is 16.5. The van der Waals surface area contributed by atoms with Crippen molar-refractivity contribution in [2.24, 2.45) is 0 Å². The van der Waals surface area contributed by atoms with Gasteiger partial charge >= 0.3 is 0 Å². The standard InChI is InChI=1S/C24H23N3OS2/c1-26(15-22-25-19-9-5-6-10-21(19)30-22)23(28)16-27-13-11-20-18(12-14-29-20)24(27)17-7-3-2-4-8-17/h2-10,12,14,24H,11,13,15-16H2,1H3. The van der Waals surface area contributed by atoms with Gasteiger partial charge in [-0.3, -0.25) is 9.69 Å². The molecule has 0 saturated carbocycles. The topological polar surface area (TPSA) is 36.4 Å². The second kappa shape index (κ2) is 8.30. The average Bonchev–Trinajstić information content (AvgIpc) is 3.40. The number of likely N-dealkylation sites (N-methyl/N-ethyl adjacent to an activating group) is 1. The number of aromatic nitrogens is 1. The molecule has 1 aliphatic heterocycles. The van der Waals surface area contributed by atoms with Gasteiger partial charge in [0.15, 0.2) is 0 Å². The van der Waals surface area contributed by atoms with E-state index in [4.69, 9.17) is 0 Å². The number of carbonyl (C=O) groups excluding carboxylic acids is 1. The maximum absolute atomic E-state index is 13.1. The number of thiazole rings is 1. The molecule has 0 radical (unpaired) electrons. The number of fused-ring (bicyclic) bond motifs is 2. The molecule has 0 spiro atoms. The molecule has 2 aromatic heterocycles. The van der Waals surface area contributed by atoms with E-state index in [1.54, 1.807) is 11.3 Å². The summed E-state index contributed by atoms with van der Waals surface area (Å²) in [4.78, 5) is 23.4. The number of para-hydroxylation sites is 1. The van der Waals surface area contributed by atoms with Gasteiger partial charge < -0.3 is 4.90 Å². The highest BCUT2D eigenvalue weighted by atomic mass is 32.1. The number of thiophene rings is 1. The molecule has 1 amide bonds. The molecule has 1 aliphatic rings. The lowest BCUT2D eigenvalue weighted by Crippen LogP contribution is -2.43. The molecule has 1 atom stereocenters. The molecule has 0 saturated heterocycles. The third kappa shape index (κ3) is 3.78. The van der Waals surface area contributed by atoms with Crippen LogP contribution in [0.3, 0.4) is 0 Å². The number of nitrogens with zero attached hydrogens (tertiary/aromatic N) is 3. The van der Waals surface area contributed by atoms with E-state index in [1.807, 2.05) is 47.5 Å². The van der Waals surface area contributed by atoms with E-state index in [-0.39, 0.29) is 11.9 Å². The first-order valence-corrected chi connectivity index (χ1v) is 11.8. The second-order valence-corrected chi connectivity index (χ2v) is 9.77.